The molecule has 0 aromatic heterocycles. The summed E-state index contributed by atoms with van der Waals surface area (Å²) in [7, 11) is 0. The van der Waals surface area contributed by atoms with Crippen LogP contribution in [0, 0.1) is 10.7 Å². The summed E-state index contributed by atoms with van der Waals surface area (Å²) in [6, 6.07) is 6.61. The van der Waals surface area contributed by atoms with Gasteiger partial charge in [-0.1, -0.05) is 23.7 Å². The number of nitriles is 1. The highest BCUT2D eigenvalue weighted by Crippen LogP contribution is 2.37. The van der Waals surface area contributed by atoms with Crippen molar-refractivity contribution in [3.05, 3.63) is 34.9 Å². The van der Waals surface area contributed by atoms with Crippen LogP contribution >= 0.6 is 23.4 Å². The number of benzene rings is 1. The summed E-state index contributed by atoms with van der Waals surface area (Å²) >= 11 is 6.55. The Labute approximate surface area is 102 Å². The zero-order valence-corrected chi connectivity index (χ0v) is 10.2. The van der Waals surface area contributed by atoms with Crippen LogP contribution in [0.2, 0.25) is 5.02 Å². The molecule has 1 aromatic rings. The summed E-state index contributed by atoms with van der Waals surface area (Å²) in [6.07, 6.45) is -0.354. The molecule has 5 heteroatoms. The van der Waals surface area contributed by atoms with Crippen LogP contribution in [0.5, 0.6) is 0 Å². The molecule has 0 saturated carbocycles. The van der Waals surface area contributed by atoms with Crippen LogP contribution in [-0.4, -0.2) is 5.92 Å². The van der Waals surface area contributed by atoms with Crippen LogP contribution in [-0.2, 0) is 0 Å². The van der Waals surface area contributed by atoms with Crippen molar-refractivity contribution in [2.75, 3.05) is 0 Å². The molecule has 0 saturated heterocycles. The largest absolute Gasteiger partial charge is 0.246 e. The molecule has 86 valence electrons. The molecule has 0 radical (unpaired) electrons. The van der Waals surface area contributed by atoms with Crippen LogP contribution in [0.1, 0.15) is 24.2 Å². The number of halogens is 3. The topological polar surface area (TPSA) is 23.8 Å². The molecule has 1 unspecified atom stereocenters. The van der Waals surface area contributed by atoms with Crippen LogP contribution in [0.15, 0.2) is 24.3 Å². The number of nitrogens with zero attached hydrogens (tertiary/aromatic N) is 1. The lowest BCUT2D eigenvalue weighted by molar-refractivity contribution is 0.0126. The summed E-state index contributed by atoms with van der Waals surface area (Å²) in [5, 5.41) is 10.5. The molecule has 0 bridgehead atoms. The van der Waals surface area contributed by atoms with E-state index in [1.165, 1.54) is 0 Å². The minimum atomic E-state index is -2.78. The fourth-order valence-electron chi connectivity index (χ4n) is 1.29. The molecule has 0 heterocycles. The van der Waals surface area contributed by atoms with Crippen molar-refractivity contribution in [2.24, 2.45) is 0 Å². The molecular formula is C11H10ClF2NS. The molecule has 0 N–H and O–H groups in total. The Bertz CT molecular complexity index is 380. The van der Waals surface area contributed by atoms with Gasteiger partial charge in [0.2, 0.25) is 5.92 Å². The lowest BCUT2D eigenvalue weighted by Gasteiger charge is -2.17. The van der Waals surface area contributed by atoms with Gasteiger partial charge in [0.1, 0.15) is 5.40 Å². The fourth-order valence-corrected chi connectivity index (χ4v) is 2.22. The molecule has 1 rings (SSSR count). The lowest BCUT2D eigenvalue weighted by Crippen LogP contribution is -2.13. The van der Waals surface area contributed by atoms with E-state index in [4.69, 9.17) is 16.9 Å². The molecule has 0 spiro atoms. The molecule has 16 heavy (non-hydrogen) atoms. The number of hydrogen-bond donors (Lipinski definition) is 0. The van der Waals surface area contributed by atoms with Crippen LogP contribution in [0.25, 0.3) is 0 Å². The zero-order valence-electron chi connectivity index (χ0n) is 8.58. The maximum atomic E-state index is 12.9. The molecule has 0 aliphatic carbocycles. The Morgan fingerprint density at radius 3 is 2.44 bits per heavy atom. The summed E-state index contributed by atoms with van der Waals surface area (Å²) in [6.45, 7) is 0.855. The zero-order chi connectivity index (χ0) is 12.2. The number of alkyl halides is 2. The molecule has 0 aliphatic rings. The van der Waals surface area contributed by atoms with Crippen molar-refractivity contribution < 1.29 is 8.78 Å². The van der Waals surface area contributed by atoms with Gasteiger partial charge in [-0.25, -0.2) is 8.78 Å². The van der Waals surface area contributed by atoms with Gasteiger partial charge in [0.15, 0.2) is 0 Å². The molecule has 1 aromatic carbocycles. The molecule has 0 fully saturated rings. The Morgan fingerprint density at radius 2 is 2.00 bits per heavy atom. The van der Waals surface area contributed by atoms with Crippen molar-refractivity contribution in [1.82, 2.24) is 0 Å². The smallest absolute Gasteiger partial charge is 0.207 e. The maximum absolute atomic E-state index is 12.9. The minimum absolute atomic E-state index is 0.354. The summed E-state index contributed by atoms with van der Waals surface area (Å²) < 4.78 is 25.8. The van der Waals surface area contributed by atoms with E-state index in [1.54, 1.807) is 24.3 Å². The third-order valence-electron chi connectivity index (χ3n) is 1.98. The first-order chi connectivity index (χ1) is 7.42. The Morgan fingerprint density at radius 1 is 1.44 bits per heavy atom. The van der Waals surface area contributed by atoms with Crippen molar-refractivity contribution in [2.45, 2.75) is 24.5 Å². The van der Waals surface area contributed by atoms with E-state index in [0.29, 0.717) is 10.6 Å². The Kier molecular flexibility index (Phi) is 4.57. The van der Waals surface area contributed by atoms with Gasteiger partial charge in [0.25, 0.3) is 0 Å². The number of rotatable bonds is 4. The number of hydrogen-bond acceptors (Lipinski definition) is 2. The third kappa shape index (κ3) is 4.38. The van der Waals surface area contributed by atoms with Crippen molar-refractivity contribution in [3.63, 3.8) is 0 Å². The van der Waals surface area contributed by atoms with E-state index >= 15 is 0 Å². The first kappa shape index (κ1) is 13.3. The average Bonchev–Trinajstić information content (AvgIpc) is 2.16. The highest BCUT2D eigenvalue weighted by atomic mass is 35.5. The van der Waals surface area contributed by atoms with Gasteiger partial charge < -0.3 is 0 Å². The lowest BCUT2D eigenvalue weighted by atomic mass is 10.1. The molecule has 1 nitrogen and oxygen atoms in total. The number of thioether (sulfide) groups is 1. The van der Waals surface area contributed by atoms with E-state index in [9.17, 15) is 8.78 Å². The van der Waals surface area contributed by atoms with Crippen molar-refractivity contribution >= 4 is 23.4 Å². The second kappa shape index (κ2) is 5.51. The Balaban J connectivity index is 2.86. The second-order valence-corrected chi connectivity index (χ2v) is 4.95. The average molecular weight is 262 g/mol. The number of thiocyanates is 1. The SMILES string of the molecule is CC(F)(F)CC(SC#N)c1ccc(Cl)cc1. The predicted octanol–water partition coefficient (Wildman–Crippen LogP) is 4.64. The molecular weight excluding hydrogens is 252 g/mol. The summed E-state index contributed by atoms with van der Waals surface area (Å²) in [5.41, 5.74) is 0.692. The van der Waals surface area contributed by atoms with Gasteiger partial charge in [-0.2, -0.15) is 5.26 Å². The van der Waals surface area contributed by atoms with Crippen molar-refractivity contribution in [3.8, 4) is 5.40 Å². The van der Waals surface area contributed by atoms with E-state index in [1.807, 2.05) is 5.40 Å². The van der Waals surface area contributed by atoms with E-state index in [0.717, 1.165) is 18.7 Å². The van der Waals surface area contributed by atoms with Crippen molar-refractivity contribution in [1.29, 1.82) is 5.26 Å². The van der Waals surface area contributed by atoms with Crippen LogP contribution < -0.4 is 0 Å². The van der Waals surface area contributed by atoms with Gasteiger partial charge in [-0.15, -0.1) is 0 Å². The monoisotopic (exact) mass is 261 g/mol. The van der Waals surface area contributed by atoms with Gasteiger partial charge in [-0.3, -0.25) is 0 Å². The van der Waals surface area contributed by atoms with Gasteiger partial charge >= 0.3 is 0 Å². The predicted molar refractivity (Wildman–Crippen MR) is 62.6 cm³/mol. The first-order valence-electron chi connectivity index (χ1n) is 4.60. The molecule has 1 atom stereocenters. The van der Waals surface area contributed by atoms with E-state index < -0.39 is 11.2 Å². The highest BCUT2D eigenvalue weighted by Gasteiger charge is 2.28. The van der Waals surface area contributed by atoms with Gasteiger partial charge in [-0.05, 0) is 36.4 Å². The van der Waals surface area contributed by atoms with Crippen LogP contribution in [0.3, 0.4) is 0 Å². The first-order valence-corrected chi connectivity index (χ1v) is 5.86. The quantitative estimate of drug-likeness (QED) is 0.737. The molecule has 0 amide bonds. The standard InChI is InChI=1S/C11H10ClF2NS/c1-11(13,14)6-10(16-7-15)8-2-4-9(12)5-3-8/h2-5,10H,6H2,1H3. The van der Waals surface area contributed by atoms with Crippen LogP contribution in [0.4, 0.5) is 8.78 Å². The highest BCUT2D eigenvalue weighted by molar-refractivity contribution is 8.03. The fraction of sp³-hybridized carbons (Fsp3) is 0.364. The third-order valence-corrected chi connectivity index (χ3v) is 3.06. The van der Waals surface area contributed by atoms with E-state index in [-0.39, 0.29) is 6.42 Å². The summed E-state index contributed by atoms with van der Waals surface area (Å²) in [5.74, 6) is -2.78. The summed E-state index contributed by atoms with van der Waals surface area (Å²) in [4.78, 5) is 0. The van der Waals surface area contributed by atoms with Gasteiger partial charge in [0.05, 0.1) is 0 Å². The van der Waals surface area contributed by atoms with Gasteiger partial charge in [0, 0.05) is 16.7 Å². The minimum Gasteiger partial charge on any atom is -0.207 e. The Hall–Kier alpha value is -0.790. The van der Waals surface area contributed by atoms with E-state index in [2.05, 4.69) is 0 Å². The second-order valence-electron chi connectivity index (χ2n) is 3.52. The molecule has 0 aliphatic heterocycles. The normalized spacial score (nSPS) is 13.2. The maximum Gasteiger partial charge on any atom is 0.246 e.